The van der Waals surface area contributed by atoms with Crippen LogP contribution in [-0.4, -0.2) is 36.8 Å². The second-order valence-electron chi connectivity index (χ2n) is 6.81. The van der Waals surface area contributed by atoms with Crippen molar-refractivity contribution in [2.24, 2.45) is 0 Å². The van der Waals surface area contributed by atoms with Crippen molar-refractivity contribution >= 4 is 89.8 Å². The van der Waals surface area contributed by atoms with Crippen molar-refractivity contribution in [3.8, 4) is 5.75 Å². The molecule has 2 atom stereocenters. The van der Waals surface area contributed by atoms with Gasteiger partial charge in [0.1, 0.15) is 11.8 Å². The Hall–Kier alpha value is -0.920. The largest absolute Gasteiger partial charge is 0.457 e. The van der Waals surface area contributed by atoms with Gasteiger partial charge in [-0.25, -0.2) is 0 Å². The summed E-state index contributed by atoms with van der Waals surface area (Å²) in [4.78, 5) is 25.4. The minimum Gasteiger partial charge on any atom is -0.457 e. The van der Waals surface area contributed by atoms with Crippen LogP contribution in [0.1, 0.15) is 23.0 Å². The normalized spacial score (nSPS) is 17.9. The SMILES string of the molecule is O=C(OCC(F)(F)S(=O)(=O)O)C1C=CC(C(=O)Oc2c(I)cc(I)cc2I)c2ccccc21. The van der Waals surface area contributed by atoms with E-state index >= 15 is 0 Å². The molecule has 0 bridgehead atoms. The Morgan fingerprint density at radius 3 is 1.94 bits per heavy atom. The highest BCUT2D eigenvalue weighted by molar-refractivity contribution is 14.1. The zero-order chi connectivity index (χ0) is 24.6. The van der Waals surface area contributed by atoms with Gasteiger partial charge >= 0.3 is 27.3 Å². The van der Waals surface area contributed by atoms with Gasteiger partial charge in [0, 0.05) is 3.57 Å². The standard InChI is InChI=1S/C20H13F2I3O7S/c21-20(22,33(28,29)30)9-31-18(26)13-5-6-14(12-4-2-1-3-11(12)13)19(27)32-17-15(24)7-10(23)8-16(17)25/h1-8,13-14H,9H2,(H,28,29,30). The molecule has 7 nitrogen and oxygen atoms in total. The second-order valence-corrected chi connectivity index (χ2v) is 11.9. The molecule has 2 unspecified atom stereocenters. The third-order valence-corrected chi connectivity index (χ3v) is 7.69. The van der Waals surface area contributed by atoms with Crippen molar-refractivity contribution in [1.82, 2.24) is 0 Å². The number of hydrogen-bond donors (Lipinski definition) is 1. The van der Waals surface area contributed by atoms with Crippen molar-refractivity contribution in [2.45, 2.75) is 17.1 Å². The third-order valence-electron chi connectivity index (χ3n) is 4.60. The predicted octanol–water partition coefficient (Wildman–Crippen LogP) is 4.87. The van der Waals surface area contributed by atoms with Gasteiger partial charge in [-0.05, 0) is 91.0 Å². The molecule has 0 aliphatic heterocycles. The van der Waals surface area contributed by atoms with Crippen molar-refractivity contribution in [3.63, 3.8) is 0 Å². The molecule has 0 spiro atoms. The molecule has 0 saturated heterocycles. The summed E-state index contributed by atoms with van der Waals surface area (Å²) in [5.74, 6) is -3.37. The van der Waals surface area contributed by atoms with Crippen LogP contribution in [0.25, 0.3) is 0 Å². The first-order valence-electron chi connectivity index (χ1n) is 8.96. The molecular weight excluding hydrogens is 803 g/mol. The van der Waals surface area contributed by atoms with E-state index in [0.717, 1.165) is 10.7 Å². The van der Waals surface area contributed by atoms with Gasteiger partial charge in [0.2, 0.25) is 0 Å². The van der Waals surface area contributed by atoms with Gasteiger partial charge in [-0.1, -0.05) is 36.4 Å². The summed E-state index contributed by atoms with van der Waals surface area (Å²) in [6.07, 6.45) is 2.72. The molecule has 1 aliphatic carbocycles. The van der Waals surface area contributed by atoms with Crippen molar-refractivity contribution in [2.75, 3.05) is 6.61 Å². The number of hydrogen-bond acceptors (Lipinski definition) is 6. The highest BCUT2D eigenvalue weighted by Crippen LogP contribution is 2.37. The summed E-state index contributed by atoms with van der Waals surface area (Å²) >= 11 is 6.27. The highest BCUT2D eigenvalue weighted by Gasteiger charge is 2.46. The van der Waals surface area contributed by atoms with Gasteiger partial charge in [-0.2, -0.15) is 17.2 Å². The van der Waals surface area contributed by atoms with E-state index in [1.165, 1.54) is 18.2 Å². The van der Waals surface area contributed by atoms with Crippen LogP contribution >= 0.6 is 67.8 Å². The van der Waals surface area contributed by atoms with Gasteiger partial charge < -0.3 is 9.47 Å². The number of ether oxygens (including phenoxy) is 2. The molecule has 176 valence electrons. The lowest BCUT2D eigenvalue weighted by Gasteiger charge is -2.25. The van der Waals surface area contributed by atoms with Crippen LogP contribution in [0.4, 0.5) is 8.78 Å². The maximum atomic E-state index is 13.4. The lowest BCUT2D eigenvalue weighted by Crippen LogP contribution is -2.35. The summed E-state index contributed by atoms with van der Waals surface area (Å²) in [6, 6.07) is 10.1. The van der Waals surface area contributed by atoms with Crippen LogP contribution in [-0.2, 0) is 24.4 Å². The van der Waals surface area contributed by atoms with Crippen LogP contribution in [0.5, 0.6) is 5.75 Å². The first kappa shape index (κ1) is 26.7. The molecule has 33 heavy (non-hydrogen) atoms. The van der Waals surface area contributed by atoms with Crippen molar-refractivity contribution in [3.05, 3.63) is 70.4 Å². The van der Waals surface area contributed by atoms with E-state index in [-0.39, 0.29) is 0 Å². The van der Waals surface area contributed by atoms with Gasteiger partial charge in [0.05, 0.1) is 7.14 Å². The minimum atomic E-state index is -5.74. The van der Waals surface area contributed by atoms with Crippen LogP contribution in [0.2, 0.25) is 0 Å². The maximum Gasteiger partial charge on any atom is 0.402 e. The number of halogens is 5. The number of alkyl halides is 2. The summed E-state index contributed by atoms with van der Waals surface area (Å²) in [5, 5.41) is -4.64. The maximum absolute atomic E-state index is 13.4. The smallest absolute Gasteiger partial charge is 0.402 e. The average molecular weight is 816 g/mol. The number of fused-ring (bicyclic) bond motifs is 1. The monoisotopic (exact) mass is 816 g/mol. The molecule has 0 saturated carbocycles. The molecule has 3 rings (SSSR count). The van der Waals surface area contributed by atoms with Crippen molar-refractivity contribution in [1.29, 1.82) is 0 Å². The minimum absolute atomic E-state index is 0.328. The van der Waals surface area contributed by atoms with Crippen LogP contribution in [0, 0.1) is 10.7 Å². The zero-order valence-corrected chi connectivity index (χ0v) is 23.5. The Balaban J connectivity index is 1.83. The predicted molar refractivity (Wildman–Crippen MR) is 139 cm³/mol. The van der Waals surface area contributed by atoms with E-state index < -0.39 is 45.8 Å². The molecule has 2 aromatic rings. The third kappa shape index (κ3) is 6.02. The number of benzene rings is 2. The van der Waals surface area contributed by atoms with Crippen LogP contribution in [0.3, 0.4) is 0 Å². The fraction of sp³-hybridized carbons (Fsp3) is 0.200. The van der Waals surface area contributed by atoms with E-state index in [1.807, 2.05) is 12.1 Å². The first-order chi connectivity index (χ1) is 15.3. The Labute approximate surface area is 228 Å². The quantitative estimate of drug-likeness (QED) is 0.146. The summed E-state index contributed by atoms with van der Waals surface area (Å²) in [5.41, 5.74) is 0.748. The Morgan fingerprint density at radius 1 is 0.970 bits per heavy atom. The van der Waals surface area contributed by atoms with E-state index in [1.54, 1.807) is 18.2 Å². The number of carbonyl (C=O) groups is 2. The van der Waals surface area contributed by atoms with Crippen molar-refractivity contribution < 1.29 is 40.8 Å². The molecule has 1 N–H and O–H groups in total. The molecule has 0 radical (unpaired) electrons. The molecular formula is C20H13F2I3O7S. The molecule has 1 aliphatic rings. The number of rotatable bonds is 6. The lowest BCUT2D eigenvalue weighted by molar-refractivity contribution is -0.150. The Bertz CT molecular complexity index is 1220. The molecule has 0 aromatic heterocycles. The number of esters is 2. The Morgan fingerprint density at radius 2 is 1.45 bits per heavy atom. The van der Waals surface area contributed by atoms with E-state index in [4.69, 9.17) is 9.29 Å². The molecule has 2 aromatic carbocycles. The van der Waals surface area contributed by atoms with Gasteiger partial charge in [0.15, 0.2) is 12.4 Å². The zero-order valence-electron chi connectivity index (χ0n) is 16.2. The van der Waals surface area contributed by atoms with Gasteiger partial charge in [-0.15, -0.1) is 0 Å². The van der Waals surface area contributed by atoms with Crippen LogP contribution in [0.15, 0.2) is 48.6 Å². The summed E-state index contributed by atoms with van der Waals surface area (Å²) < 4.78 is 69.4. The topological polar surface area (TPSA) is 107 Å². The highest BCUT2D eigenvalue weighted by atomic mass is 127. The summed E-state index contributed by atoms with van der Waals surface area (Å²) in [7, 11) is -5.74. The molecule has 0 heterocycles. The average Bonchev–Trinajstić information content (AvgIpc) is 2.72. The molecule has 13 heteroatoms. The van der Waals surface area contributed by atoms with Crippen LogP contribution < -0.4 is 4.74 Å². The lowest BCUT2D eigenvalue weighted by atomic mass is 9.82. The first-order valence-corrected chi connectivity index (χ1v) is 13.6. The van der Waals surface area contributed by atoms with Gasteiger partial charge in [0.25, 0.3) is 0 Å². The molecule has 0 amide bonds. The van der Waals surface area contributed by atoms with E-state index in [9.17, 15) is 26.8 Å². The van der Waals surface area contributed by atoms with E-state index in [0.29, 0.717) is 16.9 Å². The fourth-order valence-electron chi connectivity index (χ4n) is 3.03. The molecule has 0 fully saturated rings. The Kier molecular flexibility index (Phi) is 8.38. The fourth-order valence-corrected chi connectivity index (χ4v) is 7.04. The number of carbonyl (C=O) groups excluding carboxylic acids is 2. The summed E-state index contributed by atoms with van der Waals surface area (Å²) in [6.45, 7) is -1.84. The van der Waals surface area contributed by atoms with E-state index in [2.05, 4.69) is 72.5 Å². The second kappa shape index (κ2) is 10.4. The van der Waals surface area contributed by atoms with Gasteiger partial charge in [-0.3, -0.25) is 14.1 Å².